The highest BCUT2D eigenvalue weighted by molar-refractivity contribution is 5.87. The molecular weight excluding hydrogens is 472 g/mol. The Bertz CT molecular complexity index is 1200. The van der Waals surface area contributed by atoms with Gasteiger partial charge in [0.05, 0.1) is 32.8 Å². The van der Waals surface area contributed by atoms with E-state index < -0.39 is 0 Å². The Morgan fingerprint density at radius 2 is 1.55 bits per heavy atom. The van der Waals surface area contributed by atoms with Gasteiger partial charge in [0.1, 0.15) is 5.75 Å². The molecule has 3 aromatic rings. The summed E-state index contributed by atoms with van der Waals surface area (Å²) in [6.07, 6.45) is 3.99. The van der Waals surface area contributed by atoms with Gasteiger partial charge in [-0.05, 0) is 55.5 Å². The van der Waals surface area contributed by atoms with Crippen molar-refractivity contribution < 1.29 is 18.8 Å². The Morgan fingerprint density at radius 3 is 2.21 bits per heavy atom. The molecule has 0 radical (unpaired) electrons. The second kappa shape index (κ2) is 11.6. The van der Waals surface area contributed by atoms with Crippen molar-refractivity contribution in [3.8, 4) is 5.75 Å². The van der Waals surface area contributed by atoms with E-state index in [0.29, 0.717) is 19.1 Å². The van der Waals surface area contributed by atoms with Crippen LogP contribution in [0.3, 0.4) is 0 Å². The van der Waals surface area contributed by atoms with Gasteiger partial charge in [-0.25, -0.2) is 4.79 Å². The molecule has 3 fully saturated rings. The predicted octanol–water partition coefficient (Wildman–Crippen LogP) is 7.18. The monoisotopic (exact) mass is 513 g/mol. The molecular formula is C33H41N2O3+. The lowest BCUT2D eigenvalue weighted by Gasteiger charge is -2.53. The van der Waals surface area contributed by atoms with Gasteiger partial charge in [0.15, 0.2) is 0 Å². The first kappa shape index (κ1) is 26.3. The van der Waals surface area contributed by atoms with Gasteiger partial charge in [-0.15, -0.1) is 0 Å². The van der Waals surface area contributed by atoms with Gasteiger partial charge < -0.3 is 9.47 Å². The molecule has 0 unspecified atom stereocenters. The molecule has 3 heterocycles. The minimum atomic E-state index is -0.253. The summed E-state index contributed by atoms with van der Waals surface area (Å²) in [7, 11) is 0. The molecule has 200 valence electrons. The molecule has 0 N–H and O–H groups in total. The van der Waals surface area contributed by atoms with Crippen LogP contribution >= 0.6 is 0 Å². The van der Waals surface area contributed by atoms with Gasteiger partial charge in [-0.3, -0.25) is 9.38 Å². The highest BCUT2D eigenvalue weighted by Gasteiger charge is 2.49. The SMILES string of the molecule is Cc1cc(C)c(OCCC[N+]23CCC(CC2)C[C@H]3OC(=O)N(Cc2ccccc2)c2ccccc2)c(C)c1. The predicted molar refractivity (Wildman–Crippen MR) is 152 cm³/mol. The zero-order chi connectivity index (χ0) is 26.5. The molecule has 1 atom stereocenters. The van der Waals surface area contributed by atoms with E-state index in [-0.39, 0.29) is 12.3 Å². The lowest BCUT2D eigenvalue weighted by Crippen LogP contribution is -2.66. The normalized spacial score (nSPS) is 22.2. The summed E-state index contributed by atoms with van der Waals surface area (Å²) in [6, 6.07) is 24.4. The second-order valence-electron chi connectivity index (χ2n) is 11.2. The minimum Gasteiger partial charge on any atom is -0.493 e. The van der Waals surface area contributed by atoms with Crippen molar-refractivity contribution in [2.24, 2.45) is 5.92 Å². The Morgan fingerprint density at radius 1 is 0.921 bits per heavy atom. The zero-order valence-electron chi connectivity index (χ0n) is 23.1. The number of rotatable bonds is 9. The van der Waals surface area contributed by atoms with E-state index in [1.807, 2.05) is 48.5 Å². The number of nitrogens with zero attached hydrogens (tertiary/aromatic N) is 2. The van der Waals surface area contributed by atoms with E-state index in [1.54, 1.807) is 4.90 Å². The average molecular weight is 514 g/mol. The maximum Gasteiger partial charge on any atom is 0.419 e. The number of piperidine rings is 3. The molecule has 38 heavy (non-hydrogen) atoms. The molecule has 3 aliphatic heterocycles. The van der Waals surface area contributed by atoms with Crippen LogP contribution in [-0.2, 0) is 11.3 Å². The van der Waals surface area contributed by atoms with Crippen molar-refractivity contribution in [2.75, 3.05) is 31.1 Å². The number of amides is 1. The lowest BCUT2D eigenvalue weighted by atomic mass is 9.84. The summed E-state index contributed by atoms with van der Waals surface area (Å²) in [5.74, 6) is 1.66. The summed E-state index contributed by atoms with van der Waals surface area (Å²) >= 11 is 0. The van der Waals surface area contributed by atoms with Crippen LogP contribution in [0.15, 0.2) is 72.8 Å². The van der Waals surface area contributed by atoms with Gasteiger partial charge in [0.25, 0.3) is 0 Å². The quantitative estimate of drug-likeness (QED) is 0.225. The number of fused-ring (bicyclic) bond motifs is 3. The number of anilines is 1. The summed E-state index contributed by atoms with van der Waals surface area (Å²) in [6.45, 7) is 10.7. The Hall–Kier alpha value is -3.31. The fourth-order valence-electron chi connectivity index (χ4n) is 6.46. The molecule has 3 saturated heterocycles. The van der Waals surface area contributed by atoms with E-state index in [4.69, 9.17) is 9.47 Å². The molecule has 0 aliphatic carbocycles. The molecule has 0 aromatic heterocycles. The fraction of sp³-hybridized carbons (Fsp3) is 0.424. The van der Waals surface area contributed by atoms with Crippen LogP contribution in [0.5, 0.6) is 5.75 Å². The first-order chi connectivity index (χ1) is 18.4. The number of ether oxygens (including phenoxy) is 2. The number of aryl methyl sites for hydroxylation is 3. The highest BCUT2D eigenvalue weighted by atomic mass is 16.6. The summed E-state index contributed by atoms with van der Waals surface area (Å²) < 4.78 is 13.5. The summed E-state index contributed by atoms with van der Waals surface area (Å²) in [4.78, 5) is 15.5. The number of quaternary nitrogens is 1. The lowest BCUT2D eigenvalue weighted by molar-refractivity contribution is -0.984. The van der Waals surface area contributed by atoms with Crippen LogP contribution in [0.1, 0.15) is 47.9 Å². The number of hydrogen-bond acceptors (Lipinski definition) is 3. The van der Waals surface area contributed by atoms with Gasteiger partial charge >= 0.3 is 6.09 Å². The van der Waals surface area contributed by atoms with Crippen molar-refractivity contribution in [3.05, 3.63) is 95.1 Å². The van der Waals surface area contributed by atoms with E-state index >= 15 is 0 Å². The maximum absolute atomic E-state index is 13.7. The Kier molecular flexibility index (Phi) is 8.04. The van der Waals surface area contributed by atoms with Crippen molar-refractivity contribution in [2.45, 2.75) is 59.2 Å². The number of carbonyl (C=O) groups is 1. The van der Waals surface area contributed by atoms with Gasteiger partial charge in [0, 0.05) is 31.4 Å². The van der Waals surface area contributed by atoms with Crippen molar-refractivity contribution in [1.29, 1.82) is 0 Å². The van der Waals surface area contributed by atoms with Crippen LogP contribution in [0.2, 0.25) is 0 Å². The van der Waals surface area contributed by atoms with Crippen molar-refractivity contribution in [3.63, 3.8) is 0 Å². The first-order valence-corrected chi connectivity index (χ1v) is 14.1. The molecule has 5 heteroatoms. The Balaban J connectivity index is 1.27. The largest absolute Gasteiger partial charge is 0.493 e. The molecule has 0 saturated carbocycles. The minimum absolute atomic E-state index is 0.0974. The number of benzene rings is 3. The molecule has 5 nitrogen and oxygen atoms in total. The smallest absolute Gasteiger partial charge is 0.419 e. The number of carbonyl (C=O) groups excluding carboxylic acids is 1. The van der Waals surface area contributed by atoms with Crippen molar-refractivity contribution >= 4 is 11.8 Å². The van der Waals surface area contributed by atoms with E-state index in [2.05, 4.69) is 45.0 Å². The van der Waals surface area contributed by atoms with Crippen LogP contribution in [-0.4, -0.2) is 43.0 Å². The molecule has 2 bridgehead atoms. The van der Waals surface area contributed by atoms with E-state index in [9.17, 15) is 4.79 Å². The standard InChI is InChI=1S/C33H41N2O3/c1-25-21-26(2)32(27(3)22-25)37-20-10-17-35-18-15-28(16-19-35)23-31(35)38-33(36)34(30-13-8-5-9-14-30)24-29-11-6-4-7-12-29/h4-9,11-14,21-22,28,31H,10,15-20,23-24H2,1-3H3/q+1/t28?,31-,35?/m1/s1. The van der Waals surface area contributed by atoms with Gasteiger partial charge in [0.2, 0.25) is 6.23 Å². The van der Waals surface area contributed by atoms with Crippen LogP contribution in [0, 0.1) is 26.7 Å². The maximum atomic E-state index is 13.7. The van der Waals surface area contributed by atoms with Crippen molar-refractivity contribution in [1.82, 2.24) is 0 Å². The van der Waals surface area contributed by atoms with Gasteiger partial charge in [-0.1, -0.05) is 66.2 Å². The highest BCUT2D eigenvalue weighted by Crippen LogP contribution is 2.40. The average Bonchev–Trinajstić information content (AvgIpc) is 2.92. The molecule has 3 aliphatic rings. The molecule has 0 spiro atoms. The summed E-state index contributed by atoms with van der Waals surface area (Å²) in [5, 5.41) is 0. The fourth-order valence-corrected chi connectivity index (χ4v) is 6.46. The molecule has 1 amide bonds. The van der Waals surface area contributed by atoms with Crippen LogP contribution < -0.4 is 9.64 Å². The molecule has 6 rings (SSSR count). The first-order valence-electron chi connectivity index (χ1n) is 14.1. The number of hydrogen-bond donors (Lipinski definition) is 0. The number of para-hydroxylation sites is 1. The zero-order valence-corrected chi connectivity index (χ0v) is 23.1. The second-order valence-corrected chi connectivity index (χ2v) is 11.2. The van der Waals surface area contributed by atoms with Crippen LogP contribution in [0.25, 0.3) is 0 Å². The van der Waals surface area contributed by atoms with Gasteiger partial charge in [-0.2, -0.15) is 0 Å². The topological polar surface area (TPSA) is 38.8 Å². The third-order valence-electron chi connectivity index (χ3n) is 8.42. The third kappa shape index (κ3) is 5.88. The van der Waals surface area contributed by atoms with Crippen LogP contribution in [0.4, 0.5) is 10.5 Å². The Labute approximate surface area is 227 Å². The summed E-state index contributed by atoms with van der Waals surface area (Å²) in [5.41, 5.74) is 5.60. The third-order valence-corrected chi connectivity index (χ3v) is 8.42. The van der Waals surface area contributed by atoms with E-state index in [0.717, 1.165) is 54.0 Å². The molecule has 3 aromatic carbocycles. The van der Waals surface area contributed by atoms with E-state index in [1.165, 1.54) is 29.5 Å².